The van der Waals surface area contributed by atoms with Gasteiger partial charge in [-0.15, -0.1) is 0 Å². The Labute approximate surface area is 147 Å². The minimum atomic E-state index is -0.935. The third-order valence-corrected chi connectivity index (χ3v) is 3.78. The fourth-order valence-electron chi connectivity index (χ4n) is 2.60. The second-order valence-corrected chi connectivity index (χ2v) is 5.75. The van der Waals surface area contributed by atoms with Crippen molar-refractivity contribution in [3.63, 3.8) is 0 Å². The average molecular weight is 344 g/mol. The van der Waals surface area contributed by atoms with Crippen LogP contribution in [0, 0.1) is 0 Å². The smallest absolute Gasteiger partial charge is 0.311 e. The number of carbonyl (C=O) groups is 1. The molecule has 25 heavy (non-hydrogen) atoms. The summed E-state index contributed by atoms with van der Waals surface area (Å²) in [5.74, 6) is -0.342. The number of phenolic OH excluding ortho intramolecular Hbond substituents is 1. The largest absolute Gasteiger partial charge is 0.508 e. The van der Waals surface area contributed by atoms with Gasteiger partial charge in [-0.05, 0) is 55.2 Å². The molecule has 1 atom stereocenters. The standard InChI is InChI=1S/C20H24O5/c1-3-10-25-18-9-8-14(12-19(18)24-4-2)11-17(20(22)23)15-6-5-7-16(21)13-15/h5-9,12-13,17,21H,3-4,10-11H2,1-2H3,(H,22,23). The van der Waals surface area contributed by atoms with Crippen LogP contribution in [0.4, 0.5) is 0 Å². The Balaban J connectivity index is 2.26. The van der Waals surface area contributed by atoms with Crippen LogP contribution < -0.4 is 9.47 Å². The Morgan fingerprint density at radius 1 is 1.08 bits per heavy atom. The summed E-state index contributed by atoms with van der Waals surface area (Å²) in [4.78, 5) is 11.7. The van der Waals surface area contributed by atoms with E-state index in [9.17, 15) is 15.0 Å². The van der Waals surface area contributed by atoms with Crippen molar-refractivity contribution in [3.8, 4) is 17.2 Å². The minimum absolute atomic E-state index is 0.0575. The van der Waals surface area contributed by atoms with Crippen LogP contribution in [0.5, 0.6) is 17.2 Å². The highest BCUT2D eigenvalue weighted by atomic mass is 16.5. The predicted octanol–water partition coefficient (Wildman–Crippen LogP) is 3.99. The molecular formula is C20H24O5. The van der Waals surface area contributed by atoms with E-state index in [0.717, 1.165) is 12.0 Å². The van der Waals surface area contributed by atoms with Gasteiger partial charge >= 0.3 is 5.97 Å². The molecule has 0 amide bonds. The Morgan fingerprint density at radius 2 is 1.88 bits per heavy atom. The van der Waals surface area contributed by atoms with Crippen molar-refractivity contribution < 1.29 is 24.5 Å². The number of benzene rings is 2. The van der Waals surface area contributed by atoms with Crippen molar-refractivity contribution in [2.24, 2.45) is 0 Å². The van der Waals surface area contributed by atoms with Crippen LogP contribution in [0.3, 0.4) is 0 Å². The highest BCUT2D eigenvalue weighted by Gasteiger charge is 2.21. The molecule has 0 spiro atoms. The second kappa shape index (κ2) is 8.97. The molecular weight excluding hydrogens is 320 g/mol. The highest BCUT2D eigenvalue weighted by molar-refractivity contribution is 5.76. The number of carboxylic acid groups (broad SMARTS) is 1. The first-order valence-corrected chi connectivity index (χ1v) is 8.45. The molecule has 0 fully saturated rings. The molecule has 2 aromatic carbocycles. The molecule has 0 heterocycles. The molecule has 134 valence electrons. The van der Waals surface area contributed by atoms with Crippen LogP contribution in [0.2, 0.25) is 0 Å². The number of ether oxygens (including phenoxy) is 2. The van der Waals surface area contributed by atoms with Gasteiger partial charge in [-0.1, -0.05) is 25.1 Å². The van der Waals surface area contributed by atoms with Gasteiger partial charge in [-0.2, -0.15) is 0 Å². The lowest BCUT2D eigenvalue weighted by molar-refractivity contribution is -0.138. The molecule has 0 saturated heterocycles. The van der Waals surface area contributed by atoms with Gasteiger partial charge in [-0.25, -0.2) is 0 Å². The Bertz CT molecular complexity index is 711. The third-order valence-electron chi connectivity index (χ3n) is 3.78. The molecule has 0 aliphatic rings. The lowest BCUT2D eigenvalue weighted by Gasteiger charge is -2.16. The van der Waals surface area contributed by atoms with Gasteiger partial charge in [0.15, 0.2) is 11.5 Å². The SMILES string of the molecule is CCCOc1ccc(CC(C(=O)O)c2cccc(O)c2)cc1OCC. The van der Waals surface area contributed by atoms with Crippen molar-refractivity contribution in [2.45, 2.75) is 32.6 Å². The second-order valence-electron chi connectivity index (χ2n) is 5.75. The van der Waals surface area contributed by atoms with E-state index < -0.39 is 11.9 Å². The average Bonchev–Trinajstić information content (AvgIpc) is 2.59. The number of carboxylic acids is 1. The van der Waals surface area contributed by atoms with Crippen LogP contribution >= 0.6 is 0 Å². The zero-order valence-corrected chi connectivity index (χ0v) is 14.6. The van der Waals surface area contributed by atoms with Gasteiger partial charge in [0.05, 0.1) is 19.1 Å². The van der Waals surface area contributed by atoms with Gasteiger partial charge in [0.2, 0.25) is 0 Å². The van der Waals surface area contributed by atoms with E-state index in [1.165, 1.54) is 12.1 Å². The van der Waals surface area contributed by atoms with E-state index in [4.69, 9.17) is 9.47 Å². The van der Waals surface area contributed by atoms with Gasteiger partial charge in [0.25, 0.3) is 0 Å². The van der Waals surface area contributed by atoms with Gasteiger partial charge < -0.3 is 19.7 Å². The normalized spacial score (nSPS) is 11.8. The summed E-state index contributed by atoms with van der Waals surface area (Å²) < 4.78 is 11.3. The van der Waals surface area contributed by atoms with Crippen molar-refractivity contribution in [1.82, 2.24) is 0 Å². The maximum atomic E-state index is 11.7. The molecule has 0 radical (unpaired) electrons. The zero-order valence-electron chi connectivity index (χ0n) is 14.6. The van der Waals surface area contributed by atoms with E-state index in [1.54, 1.807) is 12.1 Å². The monoisotopic (exact) mass is 344 g/mol. The topological polar surface area (TPSA) is 76.0 Å². The fraction of sp³-hybridized carbons (Fsp3) is 0.350. The number of hydrogen-bond donors (Lipinski definition) is 2. The zero-order chi connectivity index (χ0) is 18.2. The summed E-state index contributed by atoms with van der Waals surface area (Å²) in [6.45, 7) is 5.02. The van der Waals surface area contributed by atoms with E-state index in [-0.39, 0.29) is 5.75 Å². The third kappa shape index (κ3) is 5.14. The van der Waals surface area contributed by atoms with Gasteiger partial charge in [0.1, 0.15) is 5.75 Å². The van der Waals surface area contributed by atoms with Crippen LogP contribution in [0.25, 0.3) is 0 Å². The summed E-state index contributed by atoms with van der Waals surface area (Å²) >= 11 is 0. The first kappa shape index (κ1) is 18.6. The molecule has 0 aliphatic heterocycles. The Kier molecular flexibility index (Phi) is 6.69. The maximum Gasteiger partial charge on any atom is 0.311 e. The van der Waals surface area contributed by atoms with Crippen molar-refractivity contribution in [1.29, 1.82) is 0 Å². The number of rotatable bonds is 9. The molecule has 0 saturated carbocycles. The van der Waals surface area contributed by atoms with Gasteiger partial charge in [0, 0.05) is 0 Å². The van der Waals surface area contributed by atoms with Gasteiger partial charge in [-0.3, -0.25) is 4.79 Å². The van der Waals surface area contributed by atoms with Crippen molar-refractivity contribution in [3.05, 3.63) is 53.6 Å². The summed E-state index contributed by atoms with van der Waals surface area (Å²) in [7, 11) is 0. The highest BCUT2D eigenvalue weighted by Crippen LogP contribution is 2.31. The lowest BCUT2D eigenvalue weighted by Crippen LogP contribution is -2.14. The van der Waals surface area contributed by atoms with E-state index in [0.29, 0.717) is 36.7 Å². The predicted molar refractivity (Wildman–Crippen MR) is 95.6 cm³/mol. The number of phenols is 1. The lowest BCUT2D eigenvalue weighted by atomic mass is 9.92. The summed E-state index contributed by atoms with van der Waals surface area (Å²) in [6.07, 6.45) is 1.19. The molecule has 5 heteroatoms. The quantitative estimate of drug-likeness (QED) is 0.719. The number of hydrogen-bond acceptors (Lipinski definition) is 4. The molecule has 5 nitrogen and oxygen atoms in total. The van der Waals surface area contributed by atoms with Crippen LogP contribution in [0.15, 0.2) is 42.5 Å². The molecule has 0 bridgehead atoms. The van der Waals surface area contributed by atoms with Crippen molar-refractivity contribution >= 4 is 5.97 Å². The van der Waals surface area contributed by atoms with E-state index in [1.807, 2.05) is 32.0 Å². The van der Waals surface area contributed by atoms with Crippen molar-refractivity contribution in [2.75, 3.05) is 13.2 Å². The Morgan fingerprint density at radius 3 is 2.52 bits per heavy atom. The summed E-state index contributed by atoms with van der Waals surface area (Å²) in [5, 5.41) is 19.2. The molecule has 0 aromatic heterocycles. The molecule has 2 rings (SSSR count). The molecule has 2 N–H and O–H groups in total. The van der Waals surface area contributed by atoms with Crippen LogP contribution in [-0.4, -0.2) is 29.4 Å². The first-order chi connectivity index (χ1) is 12.0. The van der Waals surface area contributed by atoms with E-state index in [2.05, 4.69) is 0 Å². The summed E-state index contributed by atoms with van der Waals surface area (Å²) in [5.41, 5.74) is 1.40. The van der Waals surface area contributed by atoms with Crippen LogP contribution in [-0.2, 0) is 11.2 Å². The minimum Gasteiger partial charge on any atom is -0.508 e. The Hall–Kier alpha value is -2.69. The summed E-state index contributed by atoms with van der Waals surface area (Å²) in [6, 6.07) is 11.9. The van der Waals surface area contributed by atoms with E-state index >= 15 is 0 Å². The molecule has 2 aromatic rings. The number of aliphatic carboxylic acids is 1. The first-order valence-electron chi connectivity index (χ1n) is 8.45. The molecule has 0 aliphatic carbocycles. The van der Waals surface area contributed by atoms with Crippen LogP contribution in [0.1, 0.15) is 37.3 Å². The maximum absolute atomic E-state index is 11.7. The fourth-order valence-corrected chi connectivity index (χ4v) is 2.60. The molecule has 1 unspecified atom stereocenters. The number of aromatic hydroxyl groups is 1.